The van der Waals surface area contributed by atoms with Crippen molar-refractivity contribution in [1.82, 2.24) is 4.98 Å². The van der Waals surface area contributed by atoms with Gasteiger partial charge in [0, 0.05) is 12.2 Å². The van der Waals surface area contributed by atoms with E-state index in [0.717, 1.165) is 24.3 Å². The molecule has 2 rings (SSSR count). The summed E-state index contributed by atoms with van der Waals surface area (Å²) in [5.41, 5.74) is 7.98. The molecule has 0 bridgehead atoms. The first-order chi connectivity index (χ1) is 9.24. The second kappa shape index (κ2) is 6.90. The zero-order chi connectivity index (χ0) is 13.5. The highest BCUT2D eigenvalue weighted by Gasteiger charge is 1.99. The van der Waals surface area contributed by atoms with Crippen molar-refractivity contribution in [2.45, 2.75) is 32.4 Å². The van der Waals surface area contributed by atoms with E-state index in [1.165, 1.54) is 5.56 Å². The highest BCUT2D eigenvalue weighted by molar-refractivity contribution is 5.27. The molecule has 2 N–H and O–H groups in total. The molecule has 0 aliphatic carbocycles. The number of hydrogen-bond donors (Lipinski definition) is 1. The van der Waals surface area contributed by atoms with E-state index in [1.807, 2.05) is 37.3 Å². The molecular weight excluding hydrogens is 236 g/mol. The number of hydrogen-bond acceptors (Lipinski definition) is 3. The maximum absolute atomic E-state index is 5.75. The molecule has 0 amide bonds. The van der Waals surface area contributed by atoms with Crippen molar-refractivity contribution in [2.24, 2.45) is 5.73 Å². The number of ether oxygens (including phenoxy) is 1. The van der Waals surface area contributed by atoms with Gasteiger partial charge in [0.05, 0.1) is 5.69 Å². The molecule has 3 heteroatoms. The van der Waals surface area contributed by atoms with Gasteiger partial charge >= 0.3 is 0 Å². The molecule has 0 saturated heterocycles. The molecule has 0 aliphatic rings. The van der Waals surface area contributed by atoms with Gasteiger partial charge < -0.3 is 10.5 Å². The number of pyridine rings is 1. The van der Waals surface area contributed by atoms with Gasteiger partial charge in [-0.05, 0) is 49.6 Å². The molecule has 1 atom stereocenters. The minimum absolute atomic E-state index is 0.250. The van der Waals surface area contributed by atoms with E-state index in [4.69, 9.17) is 10.5 Å². The Hall–Kier alpha value is -1.87. The van der Waals surface area contributed by atoms with Crippen molar-refractivity contribution < 1.29 is 4.74 Å². The number of benzene rings is 1. The highest BCUT2D eigenvalue weighted by atomic mass is 16.5. The van der Waals surface area contributed by atoms with Gasteiger partial charge in [0.1, 0.15) is 12.4 Å². The summed E-state index contributed by atoms with van der Waals surface area (Å²) in [5, 5.41) is 0. The van der Waals surface area contributed by atoms with Gasteiger partial charge in [-0.1, -0.05) is 18.2 Å². The molecule has 0 aliphatic heterocycles. The summed E-state index contributed by atoms with van der Waals surface area (Å²) >= 11 is 0. The van der Waals surface area contributed by atoms with Gasteiger partial charge in [-0.2, -0.15) is 0 Å². The van der Waals surface area contributed by atoms with Gasteiger partial charge in [-0.3, -0.25) is 4.98 Å². The third-order valence-corrected chi connectivity index (χ3v) is 2.92. The third-order valence-electron chi connectivity index (χ3n) is 2.92. The quantitative estimate of drug-likeness (QED) is 0.864. The van der Waals surface area contributed by atoms with Crippen LogP contribution in [0.2, 0.25) is 0 Å². The number of nitrogens with zero attached hydrogens (tertiary/aromatic N) is 1. The van der Waals surface area contributed by atoms with E-state index in [0.29, 0.717) is 6.61 Å². The van der Waals surface area contributed by atoms with Crippen LogP contribution in [0.15, 0.2) is 48.7 Å². The van der Waals surface area contributed by atoms with Crippen LogP contribution in [0.3, 0.4) is 0 Å². The molecule has 19 heavy (non-hydrogen) atoms. The maximum atomic E-state index is 5.75. The molecule has 2 aromatic rings. The Labute approximate surface area is 114 Å². The predicted molar refractivity (Wildman–Crippen MR) is 77.0 cm³/mol. The zero-order valence-corrected chi connectivity index (χ0v) is 11.3. The van der Waals surface area contributed by atoms with Crippen LogP contribution >= 0.6 is 0 Å². The second-order valence-electron chi connectivity index (χ2n) is 4.77. The van der Waals surface area contributed by atoms with E-state index < -0.39 is 0 Å². The molecule has 0 saturated carbocycles. The summed E-state index contributed by atoms with van der Waals surface area (Å²) in [7, 11) is 0. The van der Waals surface area contributed by atoms with E-state index in [2.05, 4.69) is 17.1 Å². The lowest BCUT2D eigenvalue weighted by Crippen LogP contribution is -2.15. The lowest BCUT2D eigenvalue weighted by molar-refractivity contribution is 0.301. The van der Waals surface area contributed by atoms with Crippen LogP contribution < -0.4 is 10.5 Å². The normalized spacial score (nSPS) is 12.1. The van der Waals surface area contributed by atoms with Crippen molar-refractivity contribution in [2.75, 3.05) is 0 Å². The zero-order valence-electron chi connectivity index (χ0n) is 11.3. The Morgan fingerprint density at radius 3 is 2.58 bits per heavy atom. The largest absolute Gasteiger partial charge is 0.487 e. The molecule has 0 spiro atoms. The number of rotatable bonds is 6. The van der Waals surface area contributed by atoms with E-state index in [-0.39, 0.29) is 6.04 Å². The SMILES string of the molecule is CC(N)CCc1ccc(OCc2ccccn2)cc1. The average molecular weight is 256 g/mol. The Bertz CT molecular complexity index is 480. The monoisotopic (exact) mass is 256 g/mol. The molecular formula is C16H20N2O. The molecule has 0 radical (unpaired) electrons. The Morgan fingerprint density at radius 1 is 1.16 bits per heavy atom. The lowest BCUT2D eigenvalue weighted by Gasteiger charge is -2.08. The first-order valence-corrected chi connectivity index (χ1v) is 6.61. The summed E-state index contributed by atoms with van der Waals surface area (Å²) in [6.45, 7) is 2.53. The fourth-order valence-corrected chi connectivity index (χ4v) is 1.79. The summed E-state index contributed by atoms with van der Waals surface area (Å²) in [6.07, 6.45) is 3.79. The topological polar surface area (TPSA) is 48.1 Å². The minimum Gasteiger partial charge on any atom is -0.487 e. The number of aromatic nitrogens is 1. The van der Waals surface area contributed by atoms with Crippen molar-refractivity contribution in [1.29, 1.82) is 0 Å². The molecule has 1 aromatic heterocycles. The Balaban J connectivity index is 1.85. The van der Waals surface area contributed by atoms with Gasteiger partial charge in [0.15, 0.2) is 0 Å². The van der Waals surface area contributed by atoms with Gasteiger partial charge in [0.25, 0.3) is 0 Å². The molecule has 100 valence electrons. The summed E-state index contributed by atoms with van der Waals surface area (Å²) in [4.78, 5) is 4.22. The molecule has 1 aromatic carbocycles. The van der Waals surface area contributed by atoms with Crippen molar-refractivity contribution in [3.63, 3.8) is 0 Å². The van der Waals surface area contributed by atoms with E-state index in [9.17, 15) is 0 Å². The first-order valence-electron chi connectivity index (χ1n) is 6.61. The predicted octanol–water partition coefficient (Wildman–Crippen LogP) is 2.94. The van der Waals surface area contributed by atoms with Crippen LogP contribution in [0.5, 0.6) is 5.75 Å². The fourth-order valence-electron chi connectivity index (χ4n) is 1.79. The maximum Gasteiger partial charge on any atom is 0.130 e. The van der Waals surface area contributed by atoms with Gasteiger partial charge in [-0.15, -0.1) is 0 Å². The summed E-state index contributed by atoms with van der Waals surface area (Å²) in [6, 6.07) is 14.3. The standard InChI is InChI=1S/C16H20N2O/c1-13(17)5-6-14-7-9-16(10-8-14)19-12-15-4-2-3-11-18-15/h2-4,7-11,13H,5-6,12,17H2,1H3. The smallest absolute Gasteiger partial charge is 0.130 e. The number of nitrogens with two attached hydrogens (primary N) is 1. The Morgan fingerprint density at radius 2 is 1.95 bits per heavy atom. The average Bonchev–Trinajstić information content (AvgIpc) is 2.45. The van der Waals surface area contributed by atoms with Crippen LogP contribution in [0.25, 0.3) is 0 Å². The van der Waals surface area contributed by atoms with Crippen LogP contribution in [-0.4, -0.2) is 11.0 Å². The minimum atomic E-state index is 0.250. The number of aryl methyl sites for hydroxylation is 1. The molecule has 1 heterocycles. The highest BCUT2D eigenvalue weighted by Crippen LogP contribution is 2.15. The van der Waals surface area contributed by atoms with Crippen molar-refractivity contribution in [3.05, 3.63) is 59.9 Å². The van der Waals surface area contributed by atoms with Crippen LogP contribution in [0, 0.1) is 0 Å². The van der Waals surface area contributed by atoms with Crippen LogP contribution in [0.4, 0.5) is 0 Å². The van der Waals surface area contributed by atoms with Gasteiger partial charge in [-0.25, -0.2) is 0 Å². The Kier molecular flexibility index (Phi) is 4.93. The lowest BCUT2D eigenvalue weighted by atomic mass is 10.1. The summed E-state index contributed by atoms with van der Waals surface area (Å²) < 4.78 is 5.69. The van der Waals surface area contributed by atoms with Crippen LogP contribution in [-0.2, 0) is 13.0 Å². The first kappa shape index (κ1) is 13.6. The third kappa shape index (κ3) is 4.72. The molecule has 0 fully saturated rings. The van der Waals surface area contributed by atoms with Crippen LogP contribution in [0.1, 0.15) is 24.6 Å². The molecule has 3 nitrogen and oxygen atoms in total. The van der Waals surface area contributed by atoms with Crippen molar-refractivity contribution in [3.8, 4) is 5.75 Å². The van der Waals surface area contributed by atoms with Crippen molar-refractivity contribution >= 4 is 0 Å². The van der Waals surface area contributed by atoms with E-state index in [1.54, 1.807) is 6.20 Å². The second-order valence-corrected chi connectivity index (χ2v) is 4.77. The summed E-state index contributed by atoms with van der Waals surface area (Å²) in [5.74, 6) is 0.871. The fraction of sp³-hybridized carbons (Fsp3) is 0.312. The molecule has 1 unspecified atom stereocenters. The van der Waals surface area contributed by atoms with Gasteiger partial charge in [0.2, 0.25) is 0 Å². The van der Waals surface area contributed by atoms with E-state index >= 15 is 0 Å².